The molecule has 1 heterocycles. The maximum Gasteiger partial charge on any atom is 0.328 e. The molecule has 9 heteroatoms. The first-order chi connectivity index (χ1) is 19.4. The normalized spacial score (nSPS) is 10.9. The number of anilines is 1. The number of carbonyl (C=O) groups is 3. The van der Waals surface area contributed by atoms with E-state index in [4.69, 9.17) is 0 Å². The van der Waals surface area contributed by atoms with E-state index in [0.29, 0.717) is 16.6 Å². The highest BCUT2D eigenvalue weighted by atomic mass is 79.9. The predicted molar refractivity (Wildman–Crippen MR) is 156 cm³/mol. The van der Waals surface area contributed by atoms with Crippen LogP contribution >= 0.6 is 15.9 Å². The molecule has 0 saturated heterocycles. The third-order valence-corrected chi connectivity index (χ3v) is 6.88. The third-order valence-electron chi connectivity index (χ3n) is 6.39. The highest BCUT2D eigenvalue weighted by Gasteiger charge is 2.23. The molecule has 7 nitrogen and oxygen atoms in total. The summed E-state index contributed by atoms with van der Waals surface area (Å²) in [6.07, 6.45) is 0. The molecule has 4 aromatic carbocycles. The number of amides is 3. The van der Waals surface area contributed by atoms with Gasteiger partial charge in [0.15, 0.2) is 0 Å². The standard InChI is InChI=1S/C31H24BrFN4O3/c32-23-11-16-27-22(17-23)18-28(29(38)35-25-14-12-24(33)13-15-25)37(27)36-31(40)30(39)34-19-26(20-7-3-1-4-8-20)21-9-5-2-6-10-21/h1-18,26H,19H2,(H,34,39)(H,35,38)(H,36,40). The van der Waals surface area contributed by atoms with Crippen molar-refractivity contribution >= 4 is 50.2 Å². The van der Waals surface area contributed by atoms with Crippen molar-refractivity contribution in [3.63, 3.8) is 0 Å². The van der Waals surface area contributed by atoms with Gasteiger partial charge in [0.25, 0.3) is 5.91 Å². The number of hydrogen-bond donors (Lipinski definition) is 3. The molecule has 0 atom stereocenters. The number of nitrogens with zero attached hydrogens (tertiary/aromatic N) is 1. The lowest BCUT2D eigenvalue weighted by Gasteiger charge is -2.19. The van der Waals surface area contributed by atoms with Crippen LogP contribution in [0.2, 0.25) is 0 Å². The molecule has 40 heavy (non-hydrogen) atoms. The minimum atomic E-state index is -0.934. The zero-order valence-corrected chi connectivity index (χ0v) is 22.7. The van der Waals surface area contributed by atoms with E-state index in [0.717, 1.165) is 15.6 Å². The van der Waals surface area contributed by atoms with Crippen molar-refractivity contribution in [2.75, 3.05) is 17.3 Å². The summed E-state index contributed by atoms with van der Waals surface area (Å²) in [5.74, 6) is -2.93. The van der Waals surface area contributed by atoms with Gasteiger partial charge in [0.05, 0.1) is 5.52 Å². The van der Waals surface area contributed by atoms with Gasteiger partial charge < -0.3 is 10.6 Å². The van der Waals surface area contributed by atoms with Crippen LogP contribution in [0, 0.1) is 5.82 Å². The topological polar surface area (TPSA) is 92.2 Å². The van der Waals surface area contributed by atoms with Gasteiger partial charge in [0.1, 0.15) is 11.5 Å². The van der Waals surface area contributed by atoms with E-state index < -0.39 is 23.5 Å². The number of rotatable bonds is 7. The lowest BCUT2D eigenvalue weighted by molar-refractivity contribution is -0.136. The number of benzene rings is 4. The zero-order chi connectivity index (χ0) is 28.1. The molecule has 0 radical (unpaired) electrons. The summed E-state index contributed by atoms with van der Waals surface area (Å²) in [5, 5.41) is 6.09. The van der Waals surface area contributed by atoms with Crippen molar-refractivity contribution in [2.45, 2.75) is 5.92 Å². The lowest BCUT2D eigenvalue weighted by atomic mass is 9.91. The molecule has 0 unspecified atom stereocenters. The van der Waals surface area contributed by atoms with Gasteiger partial charge in [-0.15, -0.1) is 0 Å². The van der Waals surface area contributed by atoms with E-state index in [-0.39, 0.29) is 18.2 Å². The highest BCUT2D eigenvalue weighted by molar-refractivity contribution is 9.10. The minimum Gasteiger partial charge on any atom is -0.347 e. The van der Waals surface area contributed by atoms with E-state index in [1.54, 1.807) is 24.3 Å². The Labute approximate surface area is 238 Å². The van der Waals surface area contributed by atoms with E-state index >= 15 is 0 Å². The van der Waals surface area contributed by atoms with E-state index in [1.807, 2.05) is 60.7 Å². The largest absolute Gasteiger partial charge is 0.347 e. The maximum absolute atomic E-state index is 13.3. The summed E-state index contributed by atoms with van der Waals surface area (Å²) in [7, 11) is 0. The van der Waals surface area contributed by atoms with Crippen LogP contribution in [0.15, 0.2) is 114 Å². The van der Waals surface area contributed by atoms with Crippen molar-refractivity contribution in [3.05, 3.63) is 136 Å². The summed E-state index contributed by atoms with van der Waals surface area (Å²) in [4.78, 5) is 39.2. The first-order valence-electron chi connectivity index (χ1n) is 12.5. The lowest BCUT2D eigenvalue weighted by Crippen LogP contribution is -2.41. The Kier molecular flexibility index (Phi) is 8.02. The van der Waals surface area contributed by atoms with Gasteiger partial charge in [-0.3, -0.25) is 19.8 Å². The van der Waals surface area contributed by atoms with Gasteiger partial charge >= 0.3 is 11.8 Å². The highest BCUT2D eigenvalue weighted by Crippen LogP contribution is 2.25. The van der Waals surface area contributed by atoms with Gasteiger partial charge in [-0.25, -0.2) is 9.07 Å². The van der Waals surface area contributed by atoms with Gasteiger partial charge in [-0.05, 0) is 59.7 Å². The Balaban J connectivity index is 1.36. The van der Waals surface area contributed by atoms with Gasteiger partial charge in [-0.1, -0.05) is 76.6 Å². The fourth-order valence-corrected chi connectivity index (χ4v) is 4.81. The first kappa shape index (κ1) is 26.8. The van der Waals surface area contributed by atoms with E-state index in [1.165, 1.54) is 28.9 Å². The van der Waals surface area contributed by atoms with Crippen LogP contribution in [0.5, 0.6) is 0 Å². The number of nitrogens with one attached hydrogen (secondary N) is 3. The smallest absolute Gasteiger partial charge is 0.328 e. The van der Waals surface area contributed by atoms with Crippen LogP contribution in [0.4, 0.5) is 10.1 Å². The SMILES string of the molecule is O=C(NCC(c1ccccc1)c1ccccc1)C(=O)Nn1c(C(=O)Nc2ccc(F)cc2)cc2cc(Br)ccc21. The predicted octanol–water partition coefficient (Wildman–Crippen LogP) is 5.81. The Morgan fingerprint density at radius 3 is 2.02 bits per heavy atom. The van der Waals surface area contributed by atoms with Crippen LogP contribution in [0.1, 0.15) is 27.5 Å². The number of carbonyl (C=O) groups excluding carboxylic acids is 3. The zero-order valence-electron chi connectivity index (χ0n) is 21.1. The first-order valence-corrected chi connectivity index (χ1v) is 13.3. The van der Waals surface area contributed by atoms with Crippen LogP contribution in [0.3, 0.4) is 0 Å². The summed E-state index contributed by atoms with van der Waals surface area (Å²) >= 11 is 3.41. The Bertz CT molecular complexity index is 1630. The quantitative estimate of drug-likeness (QED) is 0.206. The number of hydrogen-bond acceptors (Lipinski definition) is 3. The summed E-state index contributed by atoms with van der Waals surface area (Å²) in [6.45, 7) is 0.192. The summed E-state index contributed by atoms with van der Waals surface area (Å²) in [6, 6.07) is 31.6. The van der Waals surface area contributed by atoms with Crippen LogP contribution < -0.4 is 16.1 Å². The minimum absolute atomic E-state index is 0.0880. The molecule has 0 aliphatic rings. The molecule has 0 spiro atoms. The molecule has 200 valence electrons. The van der Waals surface area contributed by atoms with Gasteiger partial charge in [0.2, 0.25) is 0 Å². The van der Waals surface area contributed by atoms with Crippen LogP contribution in [-0.2, 0) is 9.59 Å². The maximum atomic E-state index is 13.3. The monoisotopic (exact) mass is 598 g/mol. The van der Waals surface area contributed by atoms with Crippen molar-refractivity contribution in [1.82, 2.24) is 9.99 Å². The van der Waals surface area contributed by atoms with Crippen molar-refractivity contribution in [1.29, 1.82) is 0 Å². The van der Waals surface area contributed by atoms with Gasteiger partial charge in [0, 0.05) is 28.0 Å². The molecule has 0 bridgehead atoms. The summed E-state index contributed by atoms with van der Waals surface area (Å²) < 4.78 is 15.4. The van der Waals surface area contributed by atoms with Crippen LogP contribution in [0.25, 0.3) is 10.9 Å². The molecule has 1 aromatic heterocycles. The molecule has 3 amide bonds. The van der Waals surface area contributed by atoms with Crippen molar-refractivity contribution in [2.24, 2.45) is 0 Å². The third kappa shape index (κ3) is 6.10. The Morgan fingerprint density at radius 1 is 0.775 bits per heavy atom. The summed E-state index contributed by atoms with van der Waals surface area (Å²) in [5.41, 5.74) is 5.53. The molecule has 0 fully saturated rings. The molecule has 0 aliphatic heterocycles. The average molecular weight is 599 g/mol. The Hall–Kier alpha value is -4.76. The second-order valence-electron chi connectivity index (χ2n) is 9.05. The van der Waals surface area contributed by atoms with E-state index in [9.17, 15) is 18.8 Å². The molecule has 5 rings (SSSR count). The van der Waals surface area contributed by atoms with Crippen molar-refractivity contribution < 1.29 is 18.8 Å². The second-order valence-corrected chi connectivity index (χ2v) is 9.97. The molecular formula is C31H24BrFN4O3. The van der Waals surface area contributed by atoms with Crippen LogP contribution in [-0.4, -0.2) is 28.9 Å². The molecular weight excluding hydrogens is 575 g/mol. The second kappa shape index (κ2) is 12.0. The fourth-order valence-electron chi connectivity index (χ4n) is 4.43. The Morgan fingerprint density at radius 2 is 1.40 bits per heavy atom. The van der Waals surface area contributed by atoms with Gasteiger partial charge in [-0.2, -0.15) is 0 Å². The molecule has 0 aliphatic carbocycles. The number of aromatic nitrogens is 1. The average Bonchev–Trinajstić information content (AvgIpc) is 3.32. The molecule has 0 saturated carbocycles. The fraction of sp³-hybridized carbons (Fsp3) is 0.0645. The van der Waals surface area contributed by atoms with Crippen molar-refractivity contribution in [3.8, 4) is 0 Å². The molecule has 3 N–H and O–H groups in total. The van der Waals surface area contributed by atoms with E-state index in [2.05, 4.69) is 32.0 Å². The number of fused-ring (bicyclic) bond motifs is 1. The number of halogens is 2. The molecule has 5 aromatic rings.